The van der Waals surface area contributed by atoms with Crippen molar-refractivity contribution < 1.29 is 41.0 Å². The third-order valence-electron chi connectivity index (χ3n) is 2.32. The predicted octanol–water partition coefficient (Wildman–Crippen LogP) is 2.60. The number of carbonyl (C=O) groups excluding carboxylic acids is 1. The third-order valence-corrected chi connectivity index (χ3v) is 2.32. The highest BCUT2D eigenvalue weighted by atomic mass is 19.4. The van der Waals surface area contributed by atoms with Crippen LogP contribution in [0.5, 0.6) is 0 Å². The van der Waals surface area contributed by atoms with E-state index in [1.165, 1.54) is 6.08 Å². The Labute approximate surface area is 104 Å². The van der Waals surface area contributed by atoms with Gasteiger partial charge in [0.25, 0.3) is 0 Å². The normalized spacial score (nSPS) is 14.9. The van der Waals surface area contributed by atoms with Gasteiger partial charge in [-0.3, -0.25) is 0 Å². The second-order valence-corrected chi connectivity index (χ2v) is 3.84. The first-order chi connectivity index (χ1) is 8.38. The first-order valence-corrected chi connectivity index (χ1v) is 5.03. The summed E-state index contributed by atoms with van der Waals surface area (Å²) in [7, 11) is 0. The Balaban J connectivity index is 4.93. The van der Waals surface area contributed by atoms with Crippen LogP contribution in [0.2, 0.25) is 0 Å². The number of rotatable bonds is 5. The third kappa shape index (κ3) is 3.85. The lowest BCUT2D eigenvalue weighted by molar-refractivity contribution is -0.357. The van der Waals surface area contributed by atoms with E-state index in [4.69, 9.17) is 5.11 Å². The standard InChI is InChI=1S/C10H12F6O3/c1-3-6(2)4-5-19-7(17)8(18,9(11,12)13)10(14,15)16/h3,6,18H,1,4-5H2,2H3. The van der Waals surface area contributed by atoms with Gasteiger partial charge in [0.05, 0.1) is 6.61 Å². The SMILES string of the molecule is C=CC(C)CCOC(=O)C(O)(C(F)(F)F)C(F)(F)F. The number of allylic oxidation sites excluding steroid dienone is 1. The fourth-order valence-electron chi connectivity index (χ4n) is 0.952. The molecule has 0 amide bonds. The van der Waals surface area contributed by atoms with Crippen LogP contribution < -0.4 is 0 Å². The van der Waals surface area contributed by atoms with Crippen LogP contribution in [0.15, 0.2) is 12.7 Å². The van der Waals surface area contributed by atoms with Gasteiger partial charge in [0.1, 0.15) is 0 Å². The smallest absolute Gasteiger partial charge is 0.437 e. The lowest BCUT2D eigenvalue weighted by Crippen LogP contribution is -2.63. The Morgan fingerprint density at radius 2 is 1.68 bits per heavy atom. The number of hydrogen-bond acceptors (Lipinski definition) is 3. The molecule has 0 aromatic rings. The quantitative estimate of drug-likeness (QED) is 0.481. The fourth-order valence-corrected chi connectivity index (χ4v) is 0.952. The number of carbonyl (C=O) groups is 1. The summed E-state index contributed by atoms with van der Waals surface area (Å²) in [5, 5.41) is 8.63. The first kappa shape index (κ1) is 17.8. The zero-order chi connectivity index (χ0) is 15.5. The fraction of sp³-hybridized carbons (Fsp3) is 0.700. The molecule has 0 bridgehead atoms. The van der Waals surface area contributed by atoms with Gasteiger partial charge in [0.15, 0.2) is 0 Å². The summed E-state index contributed by atoms with van der Waals surface area (Å²) in [5.74, 6) is -3.05. The molecule has 0 aliphatic carbocycles. The molecular weight excluding hydrogens is 282 g/mol. The Bertz CT molecular complexity index is 319. The lowest BCUT2D eigenvalue weighted by Gasteiger charge is -2.29. The van der Waals surface area contributed by atoms with E-state index in [1.54, 1.807) is 6.92 Å². The molecule has 0 saturated carbocycles. The van der Waals surface area contributed by atoms with Gasteiger partial charge in [-0.2, -0.15) is 26.3 Å². The average molecular weight is 294 g/mol. The Kier molecular flexibility index (Phi) is 5.42. The van der Waals surface area contributed by atoms with Gasteiger partial charge in [-0.05, 0) is 12.3 Å². The Morgan fingerprint density at radius 3 is 2.00 bits per heavy atom. The highest BCUT2D eigenvalue weighted by Gasteiger charge is 2.76. The molecule has 3 nitrogen and oxygen atoms in total. The molecule has 1 N–H and O–H groups in total. The molecule has 1 unspecified atom stereocenters. The van der Waals surface area contributed by atoms with Crippen LogP contribution >= 0.6 is 0 Å². The van der Waals surface area contributed by atoms with Crippen molar-refractivity contribution in [3.05, 3.63) is 12.7 Å². The summed E-state index contributed by atoms with van der Waals surface area (Å²) >= 11 is 0. The van der Waals surface area contributed by atoms with E-state index in [9.17, 15) is 31.1 Å². The van der Waals surface area contributed by atoms with E-state index in [-0.39, 0.29) is 12.3 Å². The van der Waals surface area contributed by atoms with E-state index in [0.29, 0.717) is 0 Å². The van der Waals surface area contributed by atoms with Crippen molar-refractivity contribution in [2.75, 3.05) is 6.61 Å². The lowest BCUT2D eigenvalue weighted by atomic mass is 10.0. The second-order valence-electron chi connectivity index (χ2n) is 3.84. The number of ether oxygens (including phenoxy) is 1. The second kappa shape index (κ2) is 5.81. The first-order valence-electron chi connectivity index (χ1n) is 5.03. The van der Waals surface area contributed by atoms with Gasteiger partial charge in [0, 0.05) is 0 Å². The van der Waals surface area contributed by atoms with Crippen molar-refractivity contribution in [1.82, 2.24) is 0 Å². The molecule has 0 spiro atoms. The molecule has 0 aliphatic rings. The van der Waals surface area contributed by atoms with Gasteiger partial charge < -0.3 is 9.84 Å². The van der Waals surface area contributed by atoms with Crippen LogP contribution in [0, 0.1) is 5.92 Å². The van der Waals surface area contributed by atoms with Crippen LogP contribution in [0.4, 0.5) is 26.3 Å². The molecule has 0 fully saturated rings. The van der Waals surface area contributed by atoms with E-state index in [2.05, 4.69) is 11.3 Å². The van der Waals surface area contributed by atoms with Crippen molar-refractivity contribution in [3.63, 3.8) is 0 Å². The van der Waals surface area contributed by atoms with Crippen molar-refractivity contribution >= 4 is 5.97 Å². The molecule has 0 saturated heterocycles. The summed E-state index contributed by atoms with van der Waals surface area (Å²) in [6.45, 7) is 4.21. The van der Waals surface area contributed by atoms with Crippen LogP contribution in [-0.2, 0) is 9.53 Å². The van der Waals surface area contributed by atoms with Crippen molar-refractivity contribution in [2.24, 2.45) is 5.92 Å². The van der Waals surface area contributed by atoms with Crippen molar-refractivity contribution in [1.29, 1.82) is 0 Å². The van der Waals surface area contributed by atoms with Crippen molar-refractivity contribution in [3.8, 4) is 0 Å². The molecule has 9 heteroatoms. The zero-order valence-electron chi connectivity index (χ0n) is 9.81. The minimum atomic E-state index is -6.22. The van der Waals surface area contributed by atoms with E-state index in [1.807, 2.05) is 0 Å². The number of hydrogen-bond donors (Lipinski definition) is 1. The predicted molar refractivity (Wildman–Crippen MR) is 52.0 cm³/mol. The maximum absolute atomic E-state index is 12.2. The molecule has 19 heavy (non-hydrogen) atoms. The minimum absolute atomic E-state index is 0.0129. The molecule has 1 atom stereocenters. The number of halogens is 6. The topological polar surface area (TPSA) is 46.5 Å². The van der Waals surface area contributed by atoms with Gasteiger partial charge in [-0.15, -0.1) is 6.58 Å². The zero-order valence-corrected chi connectivity index (χ0v) is 9.81. The maximum atomic E-state index is 12.2. The van der Waals surface area contributed by atoms with Gasteiger partial charge in [-0.1, -0.05) is 13.0 Å². The average Bonchev–Trinajstić information content (AvgIpc) is 2.24. The summed E-state index contributed by atoms with van der Waals surface area (Å²) in [5.41, 5.74) is -5.52. The van der Waals surface area contributed by atoms with Crippen molar-refractivity contribution in [2.45, 2.75) is 31.3 Å². The van der Waals surface area contributed by atoms with E-state index >= 15 is 0 Å². The van der Waals surface area contributed by atoms with Crippen LogP contribution in [0.25, 0.3) is 0 Å². The van der Waals surface area contributed by atoms with Crippen LogP contribution in [-0.4, -0.2) is 35.6 Å². The van der Waals surface area contributed by atoms with Gasteiger partial charge in [-0.25, -0.2) is 4.79 Å². The molecule has 0 aliphatic heterocycles. The largest absolute Gasteiger partial charge is 0.463 e. The van der Waals surface area contributed by atoms with E-state index in [0.717, 1.165) is 0 Å². The highest BCUT2D eigenvalue weighted by molar-refractivity contribution is 5.81. The van der Waals surface area contributed by atoms with Crippen LogP contribution in [0.3, 0.4) is 0 Å². The molecule has 0 heterocycles. The highest BCUT2D eigenvalue weighted by Crippen LogP contribution is 2.43. The molecule has 0 aromatic heterocycles. The van der Waals surface area contributed by atoms with E-state index < -0.39 is 30.5 Å². The monoisotopic (exact) mass is 294 g/mol. The maximum Gasteiger partial charge on any atom is 0.437 e. The summed E-state index contributed by atoms with van der Waals surface area (Å²) in [6.07, 6.45) is -11.1. The Hall–Kier alpha value is -1.25. The number of alkyl halides is 6. The molecular formula is C10H12F6O3. The van der Waals surface area contributed by atoms with Gasteiger partial charge in [0.2, 0.25) is 0 Å². The van der Waals surface area contributed by atoms with Gasteiger partial charge >= 0.3 is 23.9 Å². The minimum Gasteiger partial charge on any atom is -0.463 e. The number of esters is 1. The molecule has 0 aromatic carbocycles. The summed E-state index contributed by atoms with van der Waals surface area (Å²) in [6, 6.07) is 0. The summed E-state index contributed by atoms with van der Waals surface area (Å²) in [4.78, 5) is 10.9. The summed E-state index contributed by atoms with van der Waals surface area (Å²) < 4.78 is 77.2. The molecule has 0 radical (unpaired) electrons. The molecule has 112 valence electrons. The van der Waals surface area contributed by atoms with Crippen LogP contribution in [0.1, 0.15) is 13.3 Å². The number of aliphatic hydroxyl groups is 1. The molecule has 0 rings (SSSR count). The Morgan fingerprint density at radius 1 is 1.26 bits per heavy atom.